The van der Waals surface area contributed by atoms with Crippen molar-refractivity contribution in [2.75, 3.05) is 18.0 Å². The Hall–Kier alpha value is -0.610. The average Bonchev–Trinajstić information content (AvgIpc) is 2.33. The SMILES string of the molecule is CCC1(C)CN(c2cncc(Br)c2)C(C)CN1. The van der Waals surface area contributed by atoms with Crippen LogP contribution in [0.2, 0.25) is 0 Å². The number of anilines is 1. The number of nitrogens with one attached hydrogen (secondary N) is 1. The lowest BCUT2D eigenvalue weighted by Crippen LogP contribution is -2.62. The van der Waals surface area contributed by atoms with Crippen LogP contribution < -0.4 is 10.2 Å². The average molecular weight is 298 g/mol. The maximum atomic E-state index is 4.26. The van der Waals surface area contributed by atoms with E-state index in [9.17, 15) is 0 Å². The van der Waals surface area contributed by atoms with Crippen LogP contribution in [0.4, 0.5) is 5.69 Å². The van der Waals surface area contributed by atoms with Crippen molar-refractivity contribution in [3.05, 3.63) is 22.9 Å². The Balaban J connectivity index is 2.24. The molecule has 1 saturated heterocycles. The first kappa shape index (κ1) is 12.8. The van der Waals surface area contributed by atoms with Gasteiger partial charge in [-0.1, -0.05) is 6.92 Å². The predicted molar refractivity (Wildman–Crippen MR) is 75.4 cm³/mol. The molecule has 0 spiro atoms. The highest BCUT2D eigenvalue weighted by molar-refractivity contribution is 9.10. The van der Waals surface area contributed by atoms with Gasteiger partial charge < -0.3 is 10.2 Å². The van der Waals surface area contributed by atoms with Gasteiger partial charge in [0.05, 0.1) is 11.9 Å². The number of pyridine rings is 1. The summed E-state index contributed by atoms with van der Waals surface area (Å²) in [7, 11) is 0. The standard InChI is InChI=1S/C13H20BrN3/c1-4-13(3)9-17(10(2)6-16-13)12-5-11(14)7-15-8-12/h5,7-8,10,16H,4,6,9H2,1-3H3. The summed E-state index contributed by atoms with van der Waals surface area (Å²) in [6.45, 7) is 8.83. The minimum atomic E-state index is 0.203. The predicted octanol–water partition coefficient (Wildman–Crippen LogP) is 2.81. The first-order chi connectivity index (χ1) is 8.04. The van der Waals surface area contributed by atoms with Crippen LogP contribution in [0.1, 0.15) is 27.2 Å². The molecule has 1 N–H and O–H groups in total. The molecule has 3 nitrogen and oxygen atoms in total. The summed E-state index contributed by atoms with van der Waals surface area (Å²) >= 11 is 3.49. The summed E-state index contributed by atoms with van der Waals surface area (Å²) in [4.78, 5) is 6.70. The fourth-order valence-corrected chi connectivity index (χ4v) is 2.59. The lowest BCUT2D eigenvalue weighted by molar-refractivity contribution is 0.285. The first-order valence-electron chi connectivity index (χ1n) is 6.16. The third-order valence-electron chi connectivity index (χ3n) is 3.68. The number of hydrogen-bond donors (Lipinski definition) is 1. The van der Waals surface area contributed by atoms with Crippen LogP contribution >= 0.6 is 15.9 Å². The molecule has 0 aromatic carbocycles. The second kappa shape index (κ2) is 4.94. The van der Waals surface area contributed by atoms with Crippen molar-refractivity contribution < 1.29 is 0 Å². The van der Waals surface area contributed by atoms with E-state index in [1.54, 1.807) is 0 Å². The van der Waals surface area contributed by atoms with Gasteiger partial charge in [-0.3, -0.25) is 4.98 Å². The van der Waals surface area contributed by atoms with Crippen molar-refractivity contribution in [3.63, 3.8) is 0 Å². The zero-order valence-corrected chi connectivity index (χ0v) is 12.3. The fourth-order valence-electron chi connectivity index (χ4n) is 2.23. The Bertz CT molecular complexity index is 396. The molecule has 2 unspecified atom stereocenters. The van der Waals surface area contributed by atoms with Crippen LogP contribution in [0.15, 0.2) is 22.9 Å². The molecule has 1 aliphatic heterocycles. The lowest BCUT2D eigenvalue weighted by atomic mass is 9.93. The Labute approximate surface area is 112 Å². The quantitative estimate of drug-likeness (QED) is 0.910. The van der Waals surface area contributed by atoms with E-state index in [4.69, 9.17) is 0 Å². The molecule has 2 rings (SSSR count). The van der Waals surface area contributed by atoms with E-state index in [-0.39, 0.29) is 5.54 Å². The van der Waals surface area contributed by atoms with E-state index >= 15 is 0 Å². The summed E-state index contributed by atoms with van der Waals surface area (Å²) in [6, 6.07) is 2.65. The summed E-state index contributed by atoms with van der Waals surface area (Å²) < 4.78 is 1.04. The van der Waals surface area contributed by atoms with Gasteiger partial charge >= 0.3 is 0 Å². The van der Waals surface area contributed by atoms with Gasteiger partial charge in [0, 0.05) is 35.3 Å². The summed E-state index contributed by atoms with van der Waals surface area (Å²) in [5, 5.41) is 3.64. The van der Waals surface area contributed by atoms with Crippen molar-refractivity contribution in [2.24, 2.45) is 0 Å². The monoisotopic (exact) mass is 297 g/mol. The molecule has 1 aromatic heterocycles. The fraction of sp³-hybridized carbons (Fsp3) is 0.615. The highest BCUT2D eigenvalue weighted by atomic mass is 79.9. The van der Waals surface area contributed by atoms with Crippen LogP contribution in [0.25, 0.3) is 0 Å². The summed E-state index contributed by atoms with van der Waals surface area (Å²) in [5.41, 5.74) is 1.41. The molecule has 0 radical (unpaired) electrons. The molecule has 0 aliphatic carbocycles. The molecule has 1 aliphatic rings. The Morgan fingerprint density at radius 1 is 1.59 bits per heavy atom. The van der Waals surface area contributed by atoms with E-state index in [0.29, 0.717) is 6.04 Å². The van der Waals surface area contributed by atoms with E-state index in [1.807, 2.05) is 12.4 Å². The molecular weight excluding hydrogens is 278 g/mol. The molecule has 0 saturated carbocycles. The van der Waals surface area contributed by atoms with E-state index in [0.717, 1.165) is 24.0 Å². The number of piperazine rings is 1. The third-order valence-corrected chi connectivity index (χ3v) is 4.11. The van der Waals surface area contributed by atoms with Crippen molar-refractivity contribution in [3.8, 4) is 0 Å². The van der Waals surface area contributed by atoms with Gasteiger partial charge in [-0.15, -0.1) is 0 Å². The van der Waals surface area contributed by atoms with Gasteiger partial charge in [0.1, 0.15) is 0 Å². The topological polar surface area (TPSA) is 28.2 Å². The van der Waals surface area contributed by atoms with E-state index in [2.05, 4.69) is 58.0 Å². The van der Waals surface area contributed by atoms with Gasteiger partial charge in [-0.25, -0.2) is 0 Å². The van der Waals surface area contributed by atoms with Crippen molar-refractivity contribution in [1.82, 2.24) is 10.3 Å². The smallest absolute Gasteiger partial charge is 0.0567 e. The summed E-state index contributed by atoms with van der Waals surface area (Å²) in [5.74, 6) is 0. The second-order valence-corrected chi connectivity index (χ2v) is 6.05. The molecule has 0 amide bonds. The van der Waals surface area contributed by atoms with Crippen LogP contribution in [0.3, 0.4) is 0 Å². The Kier molecular flexibility index (Phi) is 3.73. The molecule has 1 fully saturated rings. The Morgan fingerprint density at radius 2 is 2.35 bits per heavy atom. The number of nitrogens with zero attached hydrogens (tertiary/aromatic N) is 2. The maximum Gasteiger partial charge on any atom is 0.0567 e. The van der Waals surface area contributed by atoms with Crippen molar-refractivity contribution in [2.45, 2.75) is 38.8 Å². The van der Waals surface area contributed by atoms with Crippen LogP contribution in [-0.2, 0) is 0 Å². The Morgan fingerprint density at radius 3 is 3.00 bits per heavy atom. The van der Waals surface area contributed by atoms with Gasteiger partial charge in [-0.05, 0) is 42.3 Å². The van der Waals surface area contributed by atoms with Gasteiger partial charge in [0.2, 0.25) is 0 Å². The van der Waals surface area contributed by atoms with Crippen LogP contribution in [-0.4, -0.2) is 29.7 Å². The molecule has 4 heteroatoms. The number of aromatic nitrogens is 1. The highest BCUT2D eigenvalue weighted by Crippen LogP contribution is 2.26. The van der Waals surface area contributed by atoms with E-state index in [1.165, 1.54) is 5.69 Å². The third kappa shape index (κ3) is 2.80. The van der Waals surface area contributed by atoms with Crippen molar-refractivity contribution in [1.29, 1.82) is 0 Å². The molecule has 1 aromatic rings. The van der Waals surface area contributed by atoms with Gasteiger partial charge in [-0.2, -0.15) is 0 Å². The van der Waals surface area contributed by atoms with Crippen molar-refractivity contribution >= 4 is 21.6 Å². The first-order valence-corrected chi connectivity index (χ1v) is 6.95. The normalized spacial score (nSPS) is 29.4. The number of rotatable bonds is 2. The second-order valence-electron chi connectivity index (χ2n) is 5.13. The lowest BCUT2D eigenvalue weighted by Gasteiger charge is -2.46. The highest BCUT2D eigenvalue weighted by Gasteiger charge is 2.32. The number of halogens is 1. The largest absolute Gasteiger partial charge is 0.364 e. The minimum Gasteiger partial charge on any atom is -0.364 e. The van der Waals surface area contributed by atoms with Gasteiger partial charge in [0.25, 0.3) is 0 Å². The zero-order valence-electron chi connectivity index (χ0n) is 10.7. The summed E-state index contributed by atoms with van der Waals surface area (Å²) in [6.07, 6.45) is 4.91. The van der Waals surface area contributed by atoms with E-state index < -0.39 is 0 Å². The molecule has 17 heavy (non-hydrogen) atoms. The van der Waals surface area contributed by atoms with Crippen LogP contribution in [0, 0.1) is 0 Å². The number of hydrogen-bond acceptors (Lipinski definition) is 3. The molecule has 94 valence electrons. The maximum absolute atomic E-state index is 4.26. The van der Waals surface area contributed by atoms with Crippen LogP contribution in [0.5, 0.6) is 0 Å². The van der Waals surface area contributed by atoms with Gasteiger partial charge in [0.15, 0.2) is 0 Å². The molecule has 2 atom stereocenters. The molecule has 2 heterocycles. The molecular formula is C13H20BrN3. The zero-order chi connectivity index (χ0) is 12.5. The minimum absolute atomic E-state index is 0.203. The molecule has 0 bridgehead atoms.